The maximum absolute atomic E-state index is 11.6. The van der Waals surface area contributed by atoms with E-state index in [9.17, 15) is 8.42 Å². The second-order valence-electron chi connectivity index (χ2n) is 2.83. The van der Waals surface area contributed by atoms with E-state index in [1.54, 1.807) is 12.1 Å². The first-order chi connectivity index (χ1) is 7.05. The van der Waals surface area contributed by atoms with E-state index in [0.29, 0.717) is 11.6 Å². The average Bonchev–Trinajstić information content (AvgIpc) is 2.28. The van der Waals surface area contributed by atoms with E-state index in [4.69, 9.17) is 16.3 Å². The second-order valence-corrected chi connectivity index (χ2v) is 4.95. The van der Waals surface area contributed by atoms with Crippen LogP contribution in [0.4, 0.5) is 0 Å². The minimum absolute atomic E-state index is 0.112. The van der Waals surface area contributed by atoms with Crippen LogP contribution in [0.3, 0.4) is 0 Å². The molecule has 1 rings (SSSR count). The summed E-state index contributed by atoms with van der Waals surface area (Å²) in [5.41, 5.74) is 0.809. The van der Waals surface area contributed by atoms with Crippen LogP contribution in [0.2, 0.25) is 0 Å². The Bertz CT molecular complexity index is 445. The van der Waals surface area contributed by atoms with Crippen molar-refractivity contribution in [3.8, 4) is 5.75 Å². The Kier molecular flexibility index (Phi) is 3.96. The molecule has 0 aliphatic heterocycles. The molecular weight excluding hydrogens is 238 g/mol. The van der Waals surface area contributed by atoms with Crippen molar-refractivity contribution in [1.29, 1.82) is 0 Å². The summed E-state index contributed by atoms with van der Waals surface area (Å²) in [5.74, 6) is 0.610. The lowest BCUT2D eigenvalue weighted by Crippen LogP contribution is -2.19. The van der Waals surface area contributed by atoms with Crippen LogP contribution in [-0.2, 0) is 15.9 Å². The van der Waals surface area contributed by atoms with Crippen molar-refractivity contribution in [3.63, 3.8) is 0 Å². The zero-order chi connectivity index (χ0) is 11.5. The molecule has 0 bridgehead atoms. The van der Waals surface area contributed by atoms with Gasteiger partial charge in [-0.25, -0.2) is 13.1 Å². The Morgan fingerprint density at radius 1 is 1.47 bits per heavy atom. The number of sulfonamides is 1. The van der Waals surface area contributed by atoms with E-state index in [-0.39, 0.29) is 4.90 Å². The molecule has 0 aliphatic carbocycles. The SMILES string of the molecule is CNS(=O)(=O)c1ccc(CCl)cc1OC. The predicted molar refractivity (Wildman–Crippen MR) is 58.8 cm³/mol. The zero-order valence-electron chi connectivity index (χ0n) is 8.45. The number of alkyl halides is 1. The molecule has 1 N–H and O–H groups in total. The number of halogens is 1. The summed E-state index contributed by atoms with van der Waals surface area (Å²) in [5, 5.41) is 0. The summed E-state index contributed by atoms with van der Waals surface area (Å²) in [4.78, 5) is 0.112. The lowest BCUT2D eigenvalue weighted by atomic mass is 10.2. The third-order valence-electron chi connectivity index (χ3n) is 1.94. The molecule has 0 spiro atoms. The van der Waals surface area contributed by atoms with E-state index in [1.165, 1.54) is 20.2 Å². The van der Waals surface area contributed by atoms with Crippen LogP contribution >= 0.6 is 11.6 Å². The molecule has 15 heavy (non-hydrogen) atoms. The van der Waals surface area contributed by atoms with Crippen molar-refractivity contribution < 1.29 is 13.2 Å². The molecule has 84 valence electrons. The Balaban J connectivity index is 3.31. The summed E-state index contributed by atoms with van der Waals surface area (Å²) < 4.78 is 30.3. The van der Waals surface area contributed by atoms with E-state index in [0.717, 1.165) is 5.56 Å². The highest BCUT2D eigenvalue weighted by Crippen LogP contribution is 2.25. The van der Waals surface area contributed by atoms with E-state index in [2.05, 4.69) is 4.72 Å². The molecule has 0 fully saturated rings. The molecule has 0 atom stereocenters. The quantitative estimate of drug-likeness (QED) is 0.820. The van der Waals surface area contributed by atoms with E-state index >= 15 is 0 Å². The smallest absolute Gasteiger partial charge is 0.243 e. The van der Waals surface area contributed by atoms with Crippen molar-refractivity contribution in [2.75, 3.05) is 14.2 Å². The van der Waals surface area contributed by atoms with Gasteiger partial charge in [0, 0.05) is 5.88 Å². The largest absolute Gasteiger partial charge is 0.495 e. The third kappa shape index (κ3) is 2.62. The van der Waals surface area contributed by atoms with Crippen LogP contribution in [0.15, 0.2) is 23.1 Å². The number of benzene rings is 1. The Hall–Kier alpha value is -0.780. The average molecular weight is 250 g/mol. The van der Waals surface area contributed by atoms with Gasteiger partial charge in [0.2, 0.25) is 10.0 Å². The van der Waals surface area contributed by atoms with Gasteiger partial charge in [-0.2, -0.15) is 0 Å². The molecule has 1 aromatic rings. The summed E-state index contributed by atoms with van der Waals surface area (Å²) in [6.07, 6.45) is 0. The number of methoxy groups -OCH3 is 1. The van der Waals surface area contributed by atoms with Gasteiger partial charge in [-0.3, -0.25) is 0 Å². The van der Waals surface area contributed by atoms with Gasteiger partial charge in [0.15, 0.2) is 0 Å². The minimum atomic E-state index is -3.48. The first-order valence-corrected chi connectivity index (χ1v) is 6.23. The van der Waals surface area contributed by atoms with Gasteiger partial charge < -0.3 is 4.74 Å². The topological polar surface area (TPSA) is 55.4 Å². The minimum Gasteiger partial charge on any atom is -0.495 e. The maximum atomic E-state index is 11.6. The molecule has 4 nitrogen and oxygen atoms in total. The summed E-state index contributed by atoms with van der Waals surface area (Å²) in [6.45, 7) is 0. The van der Waals surface area contributed by atoms with Gasteiger partial charge in [0.05, 0.1) is 7.11 Å². The number of rotatable bonds is 4. The number of hydrogen-bond donors (Lipinski definition) is 1. The molecule has 0 radical (unpaired) electrons. The highest BCUT2D eigenvalue weighted by molar-refractivity contribution is 7.89. The summed E-state index contributed by atoms with van der Waals surface area (Å²) >= 11 is 5.64. The molecule has 0 aromatic heterocycles. The van der Waals surface area contributed by atoms with Crippen molar-refractivity contribution in [3.05, 3.63) is 23.8 Å². The molecule has 0 heterocycles. The van der Waals surface area contributed by atoms with Gasteiger partial charge in [-0.05, 0) is 24.7 Å². The summed E-state index contributed by atoms with van der Waals surface area (Å²) in [6, 6.07) is 4.74. The van der Waals surface area contributed by atoms with Crippen LogP contribution in [0.5, 0.6) is 5.75 Å². The van der Waals surface area contributed by atoms with Gasteiger partial charge in [-0.15, -0.1) is 11.6 Å². The lowest BCUT2D eigenvalue weighted by molar-refractivity contribution is 0.402. The fourth-order valence-electron chi connectivity index (χ4n) is 1.13. The van der Waals surface area contributed by atoms with Crippen LogP contribution in [0.25, 0.3) is 0 Å². The molecular formula is C9H12ClNO3S. The van der Waals surface area contributed by atoms with Gasteiger partial charge in [0.1, 0.15) is 10.6 Å². The first kappa shape index (κ1) is 12.3. The monoisotopic (exact) mass is 249 g/mol. The molecule has 6 heteroatoms. The second kappa shape index (κ2) is 4.83. The number of hydrogen-bond acceptors (Lipinski definition) is 3. The Labute approximate surface area is 94.3 Å². The Morgan fingerprint density at radius 2 is 2.13 bits per heavy atom. The van der Waals surface area contributed by atoms with Crippen LogP contribution in [0, 0.1) is 0 Å². The van der Waals surface area contributed by atoms with Gasteiger partial charge in [-0.1, -0.05) is 6.07 Å². The van der Waals surface area contributed by atoms with Crippen LogP contribution in [-0.4, -0.2) is 22.6 Å². The molecule has 0 saturated carbocycles. The highest BCUT2D eigenvalue weighted by Gasteiger charge is 2.17. The van der Waals surface area contributed by atoms with Gasteiger partial charge >= 0.3 is 0 Å². The third-order valence-corrected chi connectivity index (χ3v) is 3.70. The first-order valence-electron chi connectivity index (χ1n) is 4.21. The normalized spacial score (nSPS) is 11.4. The predicted octanol–water partition coefficient (Wildman–Crippen LogP) is 1.34. The fourth-order valence-corrected chi connectivity index (χ4v) is 2.17. The molecule has 0 saturated heterocycles. The standard InChI is InChI=1S/C9H12ClNO3S/c1-11-15(12,13)9-4-3-7(6-10)5-8(9)14-2/h3-5,11H,6H2,1-2H3. The number of ether oxygens (including phenoxy) is 1. The molecule has 0 amide bonds. The van der Waals surface area contributed by atoms with Crippen molar-refractivity contribution >= 4 is 21.6 Å². The molecule has 0 unspecified atom stereocenters. The highest BCUT2D eigenvalue weighted by atomic mass is 35.5. The zero-order valence-corrected chi connectivity index (χ0v) is 10.0. The van der Waals surface area contributed by atoms with Crippen LogP contribution < -0.4 is 9.46 Å². The lowest BCUT2D eigenvalue weighted by Gasteiger charge is -2.09. The van der Waals surface area contributed by atoms with Crippen molar-refractivity contribution in [2.45, 2.75) is 10.8 Å². The van der Waals surface area contributed by atoms with Crippen molar-refractivity contribution in [1.82, 2.24) is 4.72 Å². The van der Waals surface area contributed by atoms with E-state index < -0.39 is 10.0 Å². The van der Waals surface area contributed by atoms with Crippen LogP contribution in [0.1, 0.15) is 5.56 Å². The molecule has 0 aliphatic rings. The van der Waals surface area contributed by atoms with Gasteiger partial charge in [0.25, 0.3) is 0 Å². The summed E-state index contributed by atoms with van der Waals surface area (Å²) in [7, 11) is -0.714. The fraction of sp³-hybridized carbons (Fsp3) is 0.333. The van der Waals surface area contributed by atoms with Crippen molar-refractivity contribution in [2.24, 2.45) is 0 Å². The maximum Gasteiger partial charge on any atom is 0.243 e. The van der Waals surface area contributed by atoms with E-state index in [1.807, 2.05) is 0 Å². The number of nitrogens with one attached hydrogen (secondary N) is 1. The molecule has 1 aromatic carbocycles. The Morgan fingerprint density at radius 3 is 2.60 bits per heavy atom.